The Hall–Kier alpha value is -0.396. The summed E-state index contributed by atoms with van der Waals surface area (Å²) in [5.74, 6) is 0.763. The summed E-state index contributed by atoms with van der Waals surface area (Å²) < 4.78 is 17.0. The smallest absolute Gasteiger partial charge is 0.288 e. The van der Waals surface area contributed by atoms with E-state index in [0.717, 1.165) is 0 Å². The normalized spacial score (nSPS) is 13.8. The number of allylic oxidation sites excluding steroid dienone is 1. The minimum atomic E-state index is -1.78. The molecule has 0 saturated heterocycles. The molecule has 0 N–H and O–H groups in total. The zero-order chi connectivity index (χ0) is 14.6. The molecule has 0 atom stereocenters. The van der Waals surface area contributed by atoms with Crippen LogP contribution < -0.4 is 0 Å². The molecule has 0 heterocycles. The van der Waals surface area contributed by atoms with Crippen LogP contribution in [0.2, 0.25) is 39.3 Å². The van der Waals surface area contributed by atoms with Crippen LogP contribution in [0.15, 0.2) is 23.3 Å². The summed E-state index contributed by atoms with van der Waals surface area (Å²) in [5, 5.41) is 0.335. The fourth-order valence-electron chi connectivity index (χ4n) is 1.08. The van der Waals surface area contributed by atoms with Gasteiger partial charge in [0.15, 0.2) is 5.03 Å². The van der Waals surface area contributed by atoms with E-state index in [4.69, 9.17) is 25.2 Å². The molecule has 0 unspecified atom stereocenters. The van der Waals surface area contributed by atoms with Crippen LogP contribution in [0.3, 0.4) is 0 Å². The Morgan fingerprint density at radius 1 is 1.00 bits per heavy atom. The van der Waals surface area contributed by atoms with E-state index in [1.807, 2.05) is 6.92 Å². The fraction of sp³-hybridized carbons (Fsp3) is 0.667. The molecule has 0 rings (SSSR count). The first-order valence-corrected chi connectivity index (χ1v) is 13.3. The van der Waals surface area contributed by atoms with Gasteiger partial charge in [0.2, 0.25) is 16.6 Å². The number of hydrogen-bond acceptors (Lipinski definition) is 3. The van der Waals surface area contributed by atoms with Gasteiger partial charge in [0.1, 0.15) is 5.76 Å². The van der Waals surface area contributed by atoms with Crippen molar-refractivity contribution in [3.63, 3.8) is 0 Å². The van der Waals surface area contributed by atoms with E-state index in [1.165, 1.54) is 0 Å². The van der Waals surface area contributed by atoms with Crippen molar-refractivity contribution < 1.29 is 13.6 Å². The Kier molecular flexibility index (Phi) is 6.53. The van der Waals surface area contributed by atoms with Gasteiger partial charge in [0, 0.05) is 0 Å². The van der Waals surface area contributed by atoms with E-state index in [1.54, 1.807) is 0 Å². The predicted molar refractivity (Wildman–Crippen MR) is 82.5 cm³/mol. The van der Waals surface area contributed by atoms with Crippen molar-refractivity contribution in [2.75, 3.05) is 6.61 Å². The highest BCUT2D eigenvalue weighted by Crippen LogP contribution is 2.26. The molecule has 0 saturated carbocycles. The largest absolute Gasteiger partial charge is 0.544 e. The lowest BCUT2D eigenvalue weighted by Crippen LogP contribution is -2.28. The van der Waals surface area contributed by atoms with Crippen LogP contribution in [0.5, 0.6) is 0 Å². The second-order valence-electron chi connectivity index (χ2n) is 5.89. The van der Waals surface area contributed by atoms with Crippen LogP contribution in [-0.4, -0.2) is 23.2 Å². The van der Waals surface area contributed by atoms with Crippen molar-refractivity contribution >= 4 is 28.2 Å². The monoisotopic (exact) mass is 308 g/mol. The van der Waals surface area contributed by atoms with Gasteiger partial charge in [0.25, 0.3) is 5.95 Å². The zero-order valence-corrected chi connectivity index (χ0v) is 15.3. The van der Waals surface area contributed by atoms with Crippen LogP contribution in [0.1, 0.15) is 6.92 Å². The van der Waals surface area contributed by atoms with Crippen molar-refractivity contribution in [3.05, 3.63) is 23.3 Å². The van der Waals surface area contributed by atoms with E-state index >= 15 is 0 Å². The highest BCUT2D eigenvalue weighted by atomic mass is 35.5. The van der Waals surface area contributed by atoms with Gasteiger partial charge < -0.3 is 13.6 Å². The van der Waals surface area contributed by atoms with Gasteiger partial charge in [-0.25, -0.2) is 0 Å². The lowest BCUT2D eigenvalue weighted by molar-refractivity contribution is 0.109. The van der Waals surface area contributed by atoms with Gasteiger partial charge in [-0.3, -0.25) is 0 Å². The molecule has 6 heteroatoms. The van der Waals surface area contributed by atoms with Crippen LogP contribution in [0, 0.1) is 0 Å². The summed E-state index contributed by atoms with van der Waals surface area (Å²) in [4.78, 5) is 0. The van der Waals surface area contributed by atoms with E-state index in [0.29, 0.717) is 23.3 Å². The van der Waals surface area contributed by atoms with Crippen molar-refractivity contribution in [1.82, 2.24) is 0 Å². The van der Waals surface area contributed by atoms with Gasteiger partial charge in [0.05, 0.1) is 6.61 Å². The molecule has 0 amide bonds. The lowest BCUT2D eigenvalue weighted by Gasteiger charge is -2.25. The summed E-state index contributed by atoms with van der Waals surface area (Å²) in [6.07, 6.45) is 0. The third-order valence-electron chi connectivity index (χ3n) is 1.53. The predicted octanol–water partition coefficient (Wildman–Crippen LogP) is 4.65. The van der Waals surface area contributed by atoms with Crippen molar-refractivity contribution in [3.8, 4) is 0 Å². The molecule has 0 radical (unpaired) electrons. The Morgan fingerprint density at radius 2 is 1.44 bits per heavy atom. The van der Waals surface area contributed by atoms with E-state index in [-0.39, 0.29) is 0 Å². The minimum absolute atomic E-state index is 0.335. The molecule has 18 heavy (non-hydrogen) atoms. The summed E-state index contributed by atoms with van der Waals surface area (Å²) in [7, 11) is -3.51. The number of ether oxygens (including phenoxy) is 1. The first kappa shape index (κ1) is 17.6. The Labute approximate surface area is 118 Å². The van der Waals surface area contributed by atoms with Crippen LogP contribution in [-0.2, 0) is 13.6 Å². The Bertz CT molecular complexity index is 327. The van der Waals surface area contributed by atoms with Gasteiger partial charge >= 0.3 is 0 Å². The number of rotatable bonds is 7. The molecule has 0 aliphatic carbocycles. The van der Waals surface area contributed by atoms with Gasteiger partial charge in [-0.15, -0.1) is 0 Å². The first-order chi connectivity index (χ1) is 7.96. The third-order valence-corrected chi connectivity index (χ3v) is 3.55. The summed E-state index contributed by atoms with van der Waals surface area (Å²) in [5.41, 5.74) is 0. The van der Waals surface area contributed by atoms with E-state index < -0.39 is 16.6 Å². The molecule has 0 aromatic heterocycles. The molecule has 0 aliphatic heterocycles. The topological polar surface area (TPSA) is 27.7 Å². The molecule has 3 nitrogen and oxygen atoms in total. The number of hydrogen-bond donors (Lipinski definition) is 0. The van der Waals surface area contributed by atoms with Crippen LogP contribution >= 0.6 is 11.6 Å². The zero-order valence-electron chi connectivity index (χ0n) is 12.5. The lowest BCUT2D eigenvalue weighted by atomic mass is 10.5. The SMILES string of the molecule is C=C(O[Si](C)(C)C)/C(Cl)=C(\OCC)O[Si](C)(C)C. The molecule has 106 valence electrons. The maximum Gasteiger partial charge on any atom is 0.288 e. The summed E-state index contributed by atoms with van der Waals surface area (Å²) >= 11 is 6.24. The molecule has 0 aliphatic rings. The maximum atomic E-state index is 6.24. The van der Waals surface area contributed by atoms with Gasteiger partial charge in [-0.2, -0.15) is 0 Å². The third kappa shape index (κ3) is 7.84. The second-order valence-corrected chi connectivity index (χ2v) is 15.1. The Balaban J connectivity index is 5.03. The fourth-order valence-corrected chi connectivity index (χ4v) is 2.89. The Morgan fingerprint density at radius 3 is 1.78 bits per heavy atom. The molecular formula is C12H25ClO3Si2. The average molecular weight is 309 g/mol. The van der Waals surface area contributed by atoms with Crippen molar-refractivity contribution in [1.29, 1.82) is 0 Å². The molecule has 0 bridgehead atoms. The standard InChI is InChI=1S/C12H25ClO3Si2/c1-9-14-12(16-18(6,7)8)11(13)10(2)15-17(3,4)5/h2,9H2,1,3-8H3/b12-11-. The minimum Gasteiger partial charge on any atom is -0.544 e. The summed E-state index contributed by atoms with van der Waals surface area (Å²) in [6.45, 7) is 18.7. The summed E-state index contributed by atoms with van der Waals surface area (Å²) in [6, 6.07) is 0. The first-order valence-electron chi connectivity index (χ1n) is 6.06. The average Bonchev–Trinajstić information content (AvgIpc) is 2.11. The highest BCUT2D eigenvalue weighted by Gasteiger charge is 2.25. The van der Waals surface area contributed by atoms with Crippen molar-refractivity contribution in [2.24, 2.45) is 0 Å². The molecule has 0 spiro atoms. The second kappa shape index (κ2) is 6.68. The van der Waals surface area contributed by atoms with E-state index in [9.17, 15) is 0 Å². The maximum absolute atomic E-state index is 6.24. The van der Waals surface area contributed by atoms with Crippen molar-refractivity contribution in [2.45, 2.75) is 46.2 Å². The quantitative estimate of drug-likeness (QED) is 0.389. The highest BCUT2D eigenvalue weighted by molar-refractivity contribution is 6.70. The number of halogens is 1. The van der Waals surface area contributed by atoms with Crippen LogP contribution in [0.25, 0.3) is 0 Å². The van der Waals surface area contributed by atoms with Gasteiger partial charge in [-0.1, -0.05) is 18.2 Å². The molecule has 0 aromatic rings. The van der Waals surface area contributed by atoms with Crippen LogP contribution in [0.4, 0.5) is 0 Å². The molecular weight excluding hydrogens is 284 g/mol. The molecule has 0 aromatic carbocycles. The molecule has 0 fully saturated rings. The van der Waals surface area contributed by atoms with E-state index in [2.05, 4.69) is 45.9 Å². The van der Waals surface area contributed by atoms with Gasteiger partial charge in [-0.05, 0) is 46.2 Å².